The molecule has 2 heterocycles. The number of carbonyl (C=O) groups excluding carboxylic acids is 1. The van der Waals surface area contributed by atoms with Crippen molar-refractivity contribution in [1.29, 1.82) is 0 Å². The zero-order valence-corrected chi connectivity index (χ0v) is 14.5. The molecular weight excluding hydrogens is 314 g/mol. The van der Waals surface area contributed by atoms with E-state index in [2.05, 4.69) is 11.9 Å². The average Bonchev–Trinajstić information content (AvgIpc) is 2.73. The Balaban J connectivity index is 1.67. The molecule has 2 bridgehead atoms. The molecule has 0 amide bonds. The zero-order valence-electron chi connectivity index (χ0n) is 13.8. The van der Waals surface area contributed by atoms with Crippen LogP contribution in [0.5, 0.6) is 5.75 Å². The van der Waals surface area contributed by atoms with Gasteiger partial charge in [0.1, 0.15) is 5.75 Å². The van der Waals surface area contributed by atoms with Crippen molar-refractivity contribution in [2.24, 2.45) is 0 Å². The topological polar surface area (TPSA) is 38.8 Å². The van der Waals surface area contributed by atoms with Gasteiger partial charge in [-0.05, 0) is 57.0 Å². The number of piperidine rings is 1. The Kier molecular flexibility index (Phi) is 4.83. The minimum absolute atomic E-state index is 0.267. The average molecular weight is 338 g/mol. The summed E-state index contributed by atoms with van der Waals surface area (Å²) in [6.07, 6.45) is 5.27. The highest BCUT2D eigenvalue weighted by Crippen LogP contribution is 2.44. The molecule has 2 aliphatic rings. The van der Waals surface area contributed by atoms with Crippen molar-refractivity contribution in [3.63, 3.8) is 0 Å². The lowest BCUT2D eigenvalue weighted by Crippen LogP contribution is -2.52. The lowest BCUT2D eigenvalue weighted by atomic mass is 10.0. The second-order valence-corrected chi connectivity index (χ2v) is 6.97. The predicted molar refractivity (Wildman–Crippen MR) is 89.6 cm³/mol. The van der Waals surface area contributed by atoms with Crippen molar-refractivity contribution < 1.29 is 14.3 Å². The molecule has 1 unspecified atom stereocenters. The van der Waals surface area contributed by atoms with Crippen LogP contribution in [0, 0.1) is 0 Å². The van der Waals surface area contributed by atoms with Gasteiger partial charge in [0.15, 0.2) is 11.8 Å². The number of hydrogen-bond donors (Lipinski definition) is 0. The summed E-state index contributed by atoms with van der Waals surface area (Å²) in [7, 11) is 2.07. The van der Waals surface area contributed by atoms with Crippen molar-refractivity contribution >= 4 is 17.6 Å². The molecule has 0 spiro atoms. The summed E-state index contributed by atoms with van der Waals surface area (Å²) in [5.74, 6) is 0.369. The van der Waals surface area contributed by atoms with Crippen LogP contribution in [0.15, 0.2) is 24.3 Å². The van der Waals surface area contributed by atoms with Gasteiger partial charge in [-0.1, -0.05) is 18.5 Å². The van der Waals surface area contributed by atoms with Crippen molar-refractivity contribution in [2.75, 3.05) is 7.05 Å². The summed E-state index contributed by atoms with van der Waals surface area (Å²) in [6, 6.07) is 7.60. The second-order valence-electron chi connectivity index (χ2n) is 6.53. The first-order valence-electron chi connectivity index (χ1n) is 8.42. The van der Waals surface area contributed by atoms with Crippen LogP contribution in [0.25, 0.3) is 0 Å². The smallest absolute Gasteiger partial charge is 0.349 e. The van der Waals surface area contributed by atoms with Gasteiger partial charge in [0.05, 0.1) is 0 Å². The van der Waals surface area contributed by atoms with Crippen LogP contribution in [0.3, 0.4) is 0 Å². The van der Waals surface area contributed by atoms with Gasteiger partial charge in [0.2, 0.25) is 0 Å². The largest absolute Gasteiger partial charge is 0.479 e. The molecule has 4 nitrogen and oxygen atoms in total. The summed E-state index contributed by atoms with van der Waals surface area (Å²) >= 11 is 5.88. The molecule has 0 saturated carbocycles. The van der Waals surface area contributed by atoms with Crippen LogP contribution in [0.4, 0.5) is 0 Å². The fourth-order valence-electron chi connectivity index (χ4n) is 3.75. The monoisotopic (exact) mass is 337 g/mol. The van der Waals surface area contributed by atoms with Crippen LogP contribution in [0.2, 0.25) is 5.02 Å². The molecular formula is C18H24ClNO3. The quantitative estimate of drug-likeness (QED) is 0.761. The Bertz CT molecular complexity index is 558. The molecule has 2 saturated heterocycles. The maximum absolute atomic E-state index is 12.6. The van der Waals surface area contributed by atoms with Crippen LogP contribution in [-0.4, -0.2) is 35.8 Å². The maximum atomic E-state index is 12.6. The van der Waals surface area contributed by atoms with E-state index in [1.165, 1.54) is 6.42 Å². The fourth-order valence-corrected chi connectivity index (χ4v) is 3.88. The van der Waals surface area contributed by atoms with Crippen LogP contribution >= 0.6 is 11.6 Å². The summed E-state index contributed by atoms with van der Waals surface area (Å²) in [6.45, 7) is 1.93. The molecule has 126 valence electrons. The van der Waals surface area contributed by atoms with Crippen molar-refractivity contribution in [3.8, 4) is 5.75 Å². The molecule has 0 aliphatic carbocycles. The molecule has 0 N–H and O–H groups in total. The number of esters is 1. The van der Waals surface area contributed by atoms with Crippen LogP contribution in [0.1, 0.15) is 45.4 Å². The first-order valence-corrected chi connectivity index (χ1v) is 8.80. The van der Waals surface area contributed by atoms with E-state index in [1.807, 2.05) is 6.92 Å². The SMILES string of the molecule is CCC(Oc1ccc(Cl)cc1)C(=O)O[C@]12CCC[C@H](CC1)N2C. The summed E-state index contributed by atoms with van der Waals surface area (Å²) < 4.78 is 11.8. The normalized spacial score (nSPS) is 28.4. The molecule has 23 heavy (non-hydrogen) atoms. The molecule has 3 rings (SSSR count). The number of fused-ring (bicyclic) bond motifs is 2. The first kappa shape index (κ1) is 16.6. The number of halogens is 1. The van der Waals surface area contributed by atoms with Gasteiger partial charge in [-0.25, -0.2) is 4.79 Å². The Morgan fingerprint density at radius 3 is 2.78 bits per heavy atom. The third kappa shape index (κ3) is 3.33. The van der Waals surface area contributed by atoms with Crippen molar-refractivity contribution in [2.45, 2.75) is 63.3 Å². The van der Waals surface area contributed by atoms with Crippen LogP contribution in [-0.2, 0) is 9.53 Å². The fraction of sp³-hybridized carbons (Fsp3) is 0.611. The Hall–Kier alpha value is -1.26. The van der Waals surface area contributed by atoms with E-state index in [-0.39, 0.29) is 5.97 Å². The van der Waals surface area contributed by atoms with Gasteiger partial charge in [0.25, 0.3) is 0 Å². The van der Waals surface area contributed by atoms with E-state index >= 15 is 0 Å². The van der Waals surface area contributed by atoms with E-state index in [0.717, 1.165) is 25.7 Å². The number of ether oxygens (including phenoxy) is 2. The molecule has 3 atom stereocenters. The lowest BCUT2D eigenvalue weighted by molar-refractivity contribution is -0.192. The number of rotatable bonds is 5. The number of nitrogens with zero attached hydrogens (tertiary/aromatic N) is 1. The number of benzene rings is 1. The Morgan fingerprint density at radius 2 is 2.09 bits per heavy atom. The van der Waals surface area contributed by atoms with E-state index in [9.17, 15) is 4.79 Å². The minimum Gasteiger partial charge on any atom is -0.479 e. The zero-order chi connectivity index (χ0) is 16.4. The van der Waals surface area contributed by atoms with Crippen molar-refractivity contribution in [1.82, 2.24) is 4.90 Å². The van der Waals surface area contributed by atoms with Gasteiger partial charge >= 0.3 is 5.97 Å². The lowest BCUT2D eigenvalue weighted by Gasteiger charge is -2.42. The Morgan fingerprint density at radius 1 is 1.35 bits per heavy atom. The predicted octanol–water partition coefficient (Wildman–Crippen LogP) is 4.02. The van der Waals surface area contributed by atoms with Gasteiger partial charge in [0, 0.05) is 23.9 Å². The van der Waals surface area contributed by atoms with Gasteiger partial charge in [-0.3, -0.25) is 4.90 Å². The summed E-state index contributed by atoms with van der Waals surface area (Å²) in [5, 5.41) is 0.646. The maximum Gasteiger partial charge on any atom is 0.349 e. The summed E-state index contributed by atoms with van der Waals surface area (Å²) in [4.78, 5) is 14.9. The van der Waals surface area contributed by atoms with E-state index in [1.54, 1.807) is 24.3 Å². The van der Waals surface area contributed by atoms with Gasteiger partial charge < -0.3 is 9.47 Å². The highest BCUT2D eigenvalue weighted by Gasteiger charge is 2.50. The molecule has 2 fully saturated rings. The molecule has 1 aromatic carbocycles. The molecule has 0 radical (unpaired) electrons. The van der Waals surface area contributed by atoms with Gasteiger partial charge in [-0.15, -0.1) is 0 Å². The summed E-state index contributed by atoms with van der Waals surface area (Å²) in [5.41, 5.74) is -0.420. The first-order chi connectivity index (χ1) is 11.0. The van der Waals surface area contributed by atoms with E-state index in [0.29, 0.717) is 23.2 Å². The van der Waals surface area contributed by atoms with Crippen molar-refractivity contribution in [3.05, 3.63) is 29.3 Å². The minimum atomic E-state index is -0.583. The highest BCUT2D eigenvalue weighted by molar-refractivity contribution is 6.30. The third-order valence-electron chi connectivity index (χ3n) is 5.18. The number of carbonyl (C=O) groups is 1. The third-order valence-corrected chi connectivity index (χ3v) is 5.43. The van der Waals surface area contributed by atoms with E-state index in [4.69, 9.17) is 21.1 Å². The molecule has 2 aliphatic heterocycles. The standard InChI is InChI=1S/C18H24ClNO3/c1-3-16(22-15-8-6-13(19)7-9-15)17(21)23-18-11-4-5-14(10-12-18)20(18)2/h6-9,14,16H,3-5,10-12H2,1-2H3/t14-,16?,18-/m1/s1. The van der Waals surface area contributed by atoms with E-state index < -0.39 is 11.8 Å². The second kappa shape index (κ2) is 6.70. The molecule has 1 aromatic rings. The molecule has 0 aromatic heterocycles. The Labute approximate surface area is 142 Å². The highest BCUT2D eigenvalue weighted by atomic mass is 35.5. The van der Waals surface area contributed by atoms with Gasteiger partial charge in [-0.2, -0.15) is 0 Å². The number of hydrogen-bond acceptors (Lipinski definition) is 4. The van der Waals surface area contributed by atoms with Crippen LogP contribution < -0.4 is 4.74 Å². The molecule has 5 heteroatoms.